The van der Waals surface area contributed by atoms with Crippen molar-refractivity contribution in [3.63, 3.8) is 0 Å². The smallest absolute Gasteiger partial charge is 0.173 e. The van der Waals surface area contributed by atoms with Crippen molar-refractivity contribution in [1.29, 1.82) is 0 Å². The number of anilines is 1. The first-order chi connectivity index (χ1) is 13.7. The predicted octanol–water partition coefficient (Wildman–Crippen LogP) is 2.21. The van der Waals surface area contributed by atoms with Crippen molar-refractivity contribution in [2.45, 2.75) is 18.6 Å². The number of aromatic nitrogens is 2. The number of amidine groups is 1. The maximum absolute atomic E-state index is 6.09. The van der Waals surface area contributed by atoms with E-state index in [1.807, 2.05) is 18.2 Å². The van der Waals surface area contributed by atoms with Crippen LogP contribution < -0.4 is 10.6 Å². The van der Waals surface area contributed by atoms with Crippen molar-refractivity contribution in [1.82, 2.24) is 9.97 Å². The third kappa shape index (κ3) is 4.14. The molecule has 1 spiro atoms. The Morgan fingerprint density at radius 2 is 1.93 bits per heavy atom. The average molecular weight is 401 g/mol. The Morgan fingerprint density at radius 1 is 1.18 bits per heavy atom. The number of piperidine rings is 1. The Kier molecular flexibility index (Phi) is 5.52. The fourth-order valence-electron chi connectivity index (χ4n) is 3.28. The van der Waals surface area contributed by atoms with E-state index in [2.05, 4.69) is 25.1 Å². The van der Waals surface area contributed by atoms with Crippen LogP contribution in [-0.4, -0.2) is 54.1 Å². The lowest BCUT2D eigenvalue weighted by atomic mass is 10.0. The Morgan fingerprint density at radius 3 is 2.68 bits per heavy atom. The number of rotatable bonds is 4. The van der Waals surface area contributed by atoms with Crippen molar-refractivity contribution < 1.29 is 9.47 Å². The third-order valence-corrected chi connectivity index (χ3v) is 5.16. The minimum absolute atomic E-state index is 0.189. The topological polar surface area (TPSA) is 98.2 Å². The lowest BCUT2D eigenvalue weighted by molar-refractivity contribution is -0.169. The monoisotopic (exact) mass is 400 g/mol. The molecule has 2 aliphatic rings. The number of hydrogen-bond donors (Lipinski definition) is 1. The van der Waals surface area contributed by atoms with Gasteiger partial charge in [-0.3, -0.25) is 4.98 Å². The summed E-state index contributed by atoms with van der Waals surface area (Å²) in [5, 5.41) is 8.62. The molecule has 2 N–H and O–H groups in total. The van der Waals surface area contributed by atoms with Gasteiger partial charge >= 0.3 is 0 Å². The van der Waals surface area contributed by atoms with E-state index in [1.165, 1.54) is 0 Å². The maximum Gasteiger partial charge on any atom is 0.173 e. The number of ether oxygens (including phenoxy) is 2. The van der Waals surface area contributed by atoms with Gasteiger partial charge < -0.3 is 20.1 Å². The molecule has 0 bridgehead atoms. The second-order valence-corrected chi connectivity index (χ2v) is 7.02. The quantitative estimate of drug-likeness (QED) is 0.480. The molecule has 146 valence electrons. The molecule has 0 aliphatic carbocycles. The van der Waals surface area contributed by atoms with Crippen molar-refractivity contribution in [2.24, 2.45) is 15.9 Å². The van der Waals surface area contributed by atoms with E-state index in [0.717, 1.165) is 37.3 Å². The van der Waals surface area contributed by atoms with Crippen LogP contribution in [0, 0.1) is 0 Å². The van der Waals surface area contributed by atoms with Gasteiger partial charge in [-0.05, 0) is 6.07 Å². The molecule has 0 radical (unpaired) electrons. The molecule has 28 heavy (non-hydrogen) atoms. The van der Waals surface area contributed by atoms with Gasteiger partial charge in [0.1, 0.15) is 11.5 Å². The fraction of sp³-hybridized carbons (Fsp3) is 0.368. The van der Waals surface area contributed by atoms with Crippen LogP contribution in [-0.2, 0) is 9.47 Å². The van der Waals surface area contributed by atoms with E-state index >= 15 is 0 Å². The first-order valence-electron chi connectivity index (χ1n) is 9.12. The van der Waals surface area contributed by atoms with Gasteiger partial charge in [0.15, 0.2) is 11.6 Å². The minimum Gasteiger partial charge on any atom is -0.380 e. The molecule has 2 aromatic rings. The Balaban J connectivity index is 1.44. The predicted molar refractivity (Wildman–Crippen MR) is 108 cm³/mol. The first-order valence-corrected chi connectivity index (χ1v) is 9.49. The van der Waals surface area contributed by atoms with Gasteiger partial charge in [0.2, 0.25) is 0 Å². The van der Waals surface area contributed by atoms with Gasteiger partial charge in [0, 0.05) is 36.5 Å². The Bertz CT molecular complexity index is 887. The summed E-state index contributed by atoms with van der Waals surface area (Å²) in [5.74, 6) is 0.516. The summed E-state index contributed by atoms with van der Waals surface area (Å²) in [6.45, 7) is 2.88. The van der Waals surface area contributed by atoms with Gasteiger partial charge in [0.25, 0.3) is 0 Å². The van der Waals surface area contributed by atoms with Gasteiger partial charge in [-0.2, -0.15) is 5.10 Å². The van der Waals surface area contributed by atoms with Crippen LogP contribution in [0.25, 0.3) is 0 Å². The summed E-state index contributed by atoms with van der Waals surface area (Å²) in [5.41, 5.74) is 7.27. The highest BCUT2D eigenvalue weighted by atomic mass is 35.5. The molecule has 0 saturated carbocycles. The summed E-state index contributed by atoms with van der Waals surface area (Å²) in [6, 6.07) is 7.36. The second-order valence-electron chi connectivity index (χ2n) is 6.61. The zero-order chi connectivity index (χ0) is 19.4. The molecule has 9 heteroatoms. The number of halogens is 1. The summed E-state index contributed by atoms with van der Waals surface area (Å²) < 4.78 is 11.5. The molecular weight excluding hydrogens is 380 g/mol. The highest BCUT2D eigenvalue weighted by Gasteiger charge is 2.40. The van der Waals surface area contributed by atoms with E-state index in [4.69, 9.17) is 26.8 Å². The van der Waals surface area contributed by atoms with Crippen molar-refractivity contribution in [2.75, 3.05) is 31.2 Å². The van der Waals surface area contributed by atoms with Crippen LogP contribution >= 0.6 is 11.6 Å². The molecule has 2 aliphatic heterocycles. The molecular formula is C19H21ClN6O2. The average Bonchev–Trinajstić information content (AvgIpc) is 3.18. The van der Waals surface area contributed by atoms with Gasteiger partial charge in [-0.15, -0.1) is 5.10 Å². The largest absolute Gasteiger partial charge is 0.380 e. The maximum atomic E-state index is 6.09. The fourth-order valence-corrected chi connectivity index (χ4v) is 3.46. The standard InChI is InChI=1S/C19H21ClN6O2/c20-15-4-2-1-3-14(15)11-23-25-18(21)16-12-22-13-17(24-16)26-7-5-19(6-8-26)27-9-10-28-19/h1-4,11-13H,5-10H2,(H2,21,25)/b23-11+. The van der Waals surface area contributed by atoms with E-state index in [1.54, 1.807) is 24.7 Å². The molecule has 8 nitrogen and oxygen atoms in total. The van der Waals surface area contributed by atoms with Crippen LogP contribution in [0.5, 0.6) is 0 Å². The zero-order valence-corrected chi connectivity index (χ0v) is 16.0. The summed E-state index contributed by atoms with van der Waals surface area (Å²) in [4.78, 5) is 11.0. The molecule has 2 saturated heterocycles. The Labute approximate surface area is 168 Å². The number of hydrogen-bond acceptors (Lipinski definition) is 7. The number of benzene rings is 1. The second kappa shape index (κ2) is 8.22. The minimum atomic E-state index is -0.421. The highest BCUT2D eigenvalue weighted by molar-refractivity contribution is 6.33. The normalized spacial score (nSPS) is 19.6. The van der Waals surface area contributed by atoms with Crippen LogP contribution in [0.4, 0.5) is 5.82 Å². The number of nitrogens with zero attached hydrogens (tertiary/aromatic N) is 5. The lowest BCUT2D eigenvalue weighted by Crippen LogP contribution is -2.45. The molecule has 0 unspecified atom stereocenters. The zero-order valence-electron chi connectivity index (χ0n) is 15.3. The highest BCUT2D eigenvalue weighted by Crippen LogP contribution is 2.32. The summed E-state index contributed by atoms with van der Waals surface area (Å²) >= 11 is 6.09. The molecule has 0 amide bonds. The van der Waals surface area contributed by atoms with Crippen molar-refractivity contribution in [3.8, 4) is 0 Å². The van der Waals surface area contributed by atoms with Crippen molar-refractivity contribution in [3.05, 3.63) is 52.9 Å². The van der Waals surface area contributed by atoms with Gasteiger partial charge in [-0.25, -0.2) is 4.98 Å². The third-order valence-electron chi connectivity index (χ3n) is 4.81. The van der Waals surface area contributed by atoms with Crippen LogP contribution in [0.1, 0.15) is 24.1 Å². The van der Waals surface area contributed by atoms with Crippen LogP contribution in [0.15, 0.2) is 46.9 Å². The van der Waals surface area contributed by atoms with E-state index < -0.39 is 5.79 Å². The van der Waals surface area contributed by atoms with Gasteiger partial charge in [-0.1, -0.05) is 29.8 Å². The summed E-state index contributed by atoms with van der Waals surface area (Å²) in [7, 11) is 0. The van der Waals surface area contributed by atoms with Gasteiger partial charge in [0.05, 0.1) is 31.8 Å². The van der Waals surface area contributed by atoms with Crippen molar-refractivity contribution >= 4 is 29.5 Å². The molecule has 0 atom stereocenters. The lowest BCUT2D eigenvalue weighted by Gasteiger charge is -2.38. The van der Waals surface area contributed by atoms with E-state index in [9.17, 15) is 0 Å². The van der Waals surface area contributed by atoms with E-state index in [-0.39, 0.29) is 5.84 Å². The Hall–Kier alpha value is -2.55. The van der Waals surface area contributed by atoms with Crippen LogP contribution in [0.3, 0.4) is 0 Å². The molecule has 3 heterocycles. The molecule has 1 aromatic carbocycles. The summed E-state index contributed by atoms with van der Waals surface area (Å²) in [6.07, 6.45) is 6.44. The molecule has 4 rings (SSSR count). The van der Waals surface area contributed by atoms with Crippen LogP contribution in [0.2, 0.25) is 5.02 Å². The van der Waals surface area contributed by atoms with E-state index in [0.29, 0.717) is 23.9 Å². The first kappa shape index (κ1) is 18.8. The number of nitrogens with two attached hydrogens (primary N) is 1. The molecule has 2 fully saturated rings. The molecule has 1 aromatic heterocycles. The SMILES string of the molecule is N/C(=N\N=C\c1ccccc1Cl)c1cncc(N2CCC3(CC2)OCCO3)n1.